The molecule has 1 aliphatic heterocycles. The van der Waals surface area contributed by atoms with Crippen molar-refractivity contribution in [2.24, 2.45) is 5.73 Å². The Hall–Kier alpha value is -4.11. The molecule has 32 heavy (non-hydrogen) atoms. The average Bonchev–Trinajstić information content (AvgIpc) is 3.29. The number of H-pyrrole nitrogens is 1. The number of carbonyl (C=O) groups is 1. The first-order chi connectivity index (χ1) is 15.6. The van der Waals surface area contributed by atoms with E-state index in [1.807, 2.05) is 67.6 Å². The Morgan fingerprint density at radius 1 is 1.12 bits per heavy atom. The molecule has 0 amide bonds. The molecule has 0 bridgehead atoms. The lowest BCUT2D eigenvalue weighted by Gasteiger charge is -2.38. The minimum absolute atomic E-state index is 0.0703. The van der Waals surface area contributed by atoms with E-state index in [2.05, 4.69) is 16.3 Å². The summed E-state index contributed by atoms with van der Waals surface area (Å²) in [4.78, 5) is 15.0. The van der Waals surface area contributed by atoms with E-state index in [0.717, 1.165) is 34.5 Å². The predicted octanol–water partition coefficient (Wildman–Crippen LogP) is 4.69. The van der Waals surface area contributed by atoms with E-state index in [4.69, 9.17) is 5.73 Å². The van der Waals surface area contributed by atoms with E-state index >= 15 is 0 Å². The number of benzene rings is 2. The second-order valence-corrected chi connectivity index (χ2v) is 8.23. The number of aryl methyl sites for hydroxylation is 1. The van der Waals surface area contributed by atoms with Gasteiger partial charge >= 0.3 is 0 Å². The molecule has 0 radical (unpaired) electrons. The minimum atomic E-state index is -0.452. The first kappa shape index (κ1) is 19.8. The first-order valence-corrected chi connectivity index (χ1v) is 10.7. The van der Waals surface area contributed by atoms with Gasteiger partial charge in [0.1, 0.15) is 5.82 Å². The number of hydrogen-bond acceptors (Lipinski definition) is 5. The number of rotatable bonds is 3. The van der Waals surface area contributed by atoms with Gasteiger partial charge in [-0.15, -0.1) is 0 Å². The summed E-state index contributed by atoms with van der Waals surface area (Å²) >= 11 is 0. The van der Waals surface area contributed by atoms with Crippen LogP contribution in [0.15, 0.2) is 83.3 Å². The Balaban J connectivity index is 1.67. The SMILES string of the molecule is Cc1ccc(C2C(C#N)=C(N)N(c3cc(-c4ccccc4)[nH]n3)C3=C2C(=O)CCC3)cc1. The minimum Gasteiger partial charge on any atom is -0.384 e. The molecular weight excluding hydrogens is 398 g/mol. The summed E-state index contributed by atoms with van der Waals surface area (Å²) in [6.07, 6.45) is 1.93. The molecule has 1 unspecified atom stereocenters. The fourth-order valence-electron chi connectivity index (χ4n) is 4.63. The van der Waals surface area contributed by atoms with Gasteiger partial charge in [0, 0.05) is 23.8 Å². The Morgan fingerprint density at radius 2 is 1.88 bits per heavy atom. The number of anilines is 1. The number of nitriles is 1. The third-order valence-electron chi connectivity index (χ3n) is 6.20. The molecule has 3 aromatic rings. The lowest BCUT2D eigenvalue weighted by atomic mass is 9.75. The smallest absolute Gasteiger partial charge is 0.161 e. The number of ketones is 1. The maximum absolute atomic E-state index is 13.2. The van der Waals surface area contributed by atoms with Crippen molar-refractivity contribution in [1.29, 1.82) is 5.26 Å². The van der Waals surface area contributed by atoms with Gasteiger partial charge in [-0.2, -0.15) is 10.4 Å². The number of nitrogens with two attached hydrogens (primary N) is 1. The molecule has 158 valence electrons. The summed E-state index contributed by atoms with van der Waals surface area (Å²) in [7, 11) is 0. The van der Waals surface area contributed by atoms with Gasteiger partial charge in [0.25, 0.3) is 0 Å². The van der Waals surface area contributed by atoms with Gasteiger partial charge in [0.15, 0.2) is 11.6 Å². The Labute approximate surface area is 186 Å². The van der Waals surface area contributed by atoms with E-state index in [-0.39, 0.29) is 5.78 Å². The highest BCUT2D eigenvalue weighted by Crippen LogP contribution is 2.46. The molecule has 3 N–H and O–H groups in total. The average molecular weight is 422 g/mol. The monoisotopic (exact) mass is 421 g/mol. The lowest BCUT2D eigenvalue weighted by molar-refractivity contribution is -0.116. The fourth-order valence-corrected chi connectivity index (χ4v) is 4.63. The van der Waals surface area contributed by atoms with Crippen LogP contribution in [0.1, 0.15) is 36.3 Å². The summed E-state index contributed by atoms with van der Waals surface area (Å²) in [5, 5.41) is 17.7. The van der Waals surface area contributed by atoms with Crippen molar-refractivity contribution in [2.75, 3.05) is 4.90 Å². The van der Waals surface area contributed by atoms with Crippen LogP contribution in [0.2, 0.25) is 0 Å². The Kier molecular flexibility index (Phi) is 4.87. The molecule has 1 aromatic heterocycles. The van der Waals surface area contributed by atoms with E-state index < -0.39 is 5.92 Å². The lowest BCUT2D eigenvalue weighted by Crippen LogP contribution is -2.38. The van der Waals surface area contributed by atoms with Crippen LogP contribution in [0.3, 0.4) is 0 Å². The molecule has 0 saturated carbocycles. The predicted molar refractivity (Wildman–Crippen MR) is 123 cm³/mol. The number of aromatic nitrogens is 2. The van der Waals surface area contributed by atoms with Crippen LogP contribution in [0.5, 0.6) is 0 Å². The number of aromatic amines is 1. The van der Waals surface area contributed by atoms with Crippen molar-refractivity contribution < 1.29 is 4.79 Å². The van der Waals surface area contributed by atoms with Gasteiger partial charge in [-0.05, 0) is 30.9 Å². The maximum atomic E-state index is 13.2. The maximum Gasteiger partial charge on any atom is 0.161 e. The number of Topliss-reactive ketones (excluding diaryl/α,β-unsaturated/α-hetero) is 1. The number of nitrogens with zero attached hydrogens (tertiary/aromatic N) is 3. The van der Waals surface area contributed by atoms with E-state index in [9.17, 15) is 10.1 Å². The van der Waals surface area contributed by atoms with Gasteiger partial charge < -0.3 is 5.73 Å². The number of allylic oxidation sites excluding steroid dienone is 3. The Bertz CT molecular complexity index is 1290. The number of hydrogen-bond donors (Lipinski definition) is 2. The Morgan fingerprint density at radius 3 is 2.59 bits per heavy atom. The van der Waals surface area contributed by atoms with Crippen molar-refractivity contribution in [2.45, 2.75) is 32.1 Å². The molecule has 0 spiro atoms. The van der Waals surface area contributed by atoms with Crippen LogP contribution < -0.4 is 10.6 Å². The summed E-state index contributed by atoms with van der Waals surface area (Å²) < 4.78 is 0. The summed E-state index contributed by atoms with van der Waals surface area (Å²) in [5.74, 6) is 0.532. The van der Waals surface area contributed by atoms with Gasteiger partial charge in [-0.25, -0.2) is 0 Å². The van der Waals surface area contributed by atoms with Crippen molar-refractivity contribution in [3.05, 3.63) is 94.5 Å². The molecule has 0 fully saturated rings. The zero-order valence-corrected chi connectivity index (χ0v) is 17.8. The zero-order valence-electron chi connectivity index (χ0n) is 17.8. The van der Waals surface area contributed by atoms with Gasteiger partial charge in [0.05, 0.1) is 23.3 Å². The topological polar surface area (TPSA) is 98.8 Å². The van der Waals surface area contributed by atoms with E-state index in [0.29, 0.717) is 35.6 Å². The second-order valence-electron chi connectivity index (χ2n) is 8.23. The quantitative estimate of drug-likeness (QED) is 0.639. The van der Waals surface area contributed by atoms with Crippen molar-refractivity contribution in [3.8, 4) is 17.3 Å². The second kappa shape index (κ2) is 7.86. The molecule has 2 aromatic carbocycles. The van der Waals surface area contributed by atoms with Crippen LogP contribution >= 0.6 is 0 Å². The van der Waals surface area contributed by atoms with Crippen molar-refractivity contribution in [1.82, 2.24) is 10.2 Å². The molecule has 0 saturated heterocycles. The first-order valence-electron chi connectivity index (χ1n) is 10.7. The summed E-state index contributed by atoms with van der Waals surface area (Å²) in [6, 6.07) is 22.0. The normalized spacial score (nSPS) is 18.6. The third kappa shape index (κ3) is 3.19. The molecule has 2 heterocycles. The van der Waals surface area contributed by atoms with Crippen molar-refractivity contribution in [3.63, 3.8) is 0 Å². The largest absolute Gasteiger partial charge is 0.384 e. The fraction of sp³-hybridized carbons (Fsp3) is 0.192. The molecule has 6 heteroatoms. The summed E-state index contributed by atoms with van der Waals surface area (Å²) in [5.41, 5.74) is 12.4. The van der Waals surface area contributed by atoms with E-state index in [1.54, 1.807) is 4.90 Å². The number of nitrogens with one attached hydrogen (secondary N) is 1. The zero-order chi connectivity index (χ0) is 22.2. The van der Waals surface area contributed by atoms with Gasteiger partial charge in [-0.3, -0.25) is 14.8 Å². The highest BCUT2D eigenvalue weighted by Gasteiger charge is 2.40. The van der Waals surface area contributed by atoms with Crippen molar-refractivity contribution >= 4 is 11.6 Å². The highest BCUT2D eigenvalue weighted by molar-refractivity contribution is 6.01. The van der Waals surface area contributed by atoms with Crippen LogP contribution in [-0.4, -0.2) is 16.0 Å². The molecular formula is C26H23N5O. The van der Waals surface area contributed by atoms with Crippen LogP contribution in [0.4, 0.5) is 5.82 Å². The molecule has 1 aliphatic carbocycles. The standard InChI is InChI=1S/C26H23N5O/c1-16-10-12-18(13-11-16)24-19(15-27)26(28)31(21-8-5-9-22(32)25(21)24)23-14-20(29-30-23)17-6-3-2-4-7-17/h2-4,6-7,10-14,24H,5,8-9,28H2,1H3,(H,29,30). The third-order valence-corrected chi connectivity index (χ3v) is 6.20. The van der Waals surface area contributed by atoms with Crippen LogP contribution in [-0.2, 0) is 4.79 Å². The van der Waals surface area contributed by atoms with E-state index in [1.165, 1.54) is 0 Å². The molecule has 1 atom stereocenters. The molecule has 5 rings (SSSR count). The van der Waals surface area contributed by atoms with Gasteiger partial charge in [-0.1, -0.05) is 60.2 Å². The molecule has 6 nitrogen and oxygen atoms in total. The van der Waals surface area contributed by atoms with Gasteiger partial charge in [0.2, 0.25) is 0 Å². The van der Waals surface area contributed by atoms with Crippen LogP contribution in [0, 0.1) is 18.3 Å². The number of carbonyl (C=O) groups excluding carboxylic acids is 1. The highest BCUT2D eigenvalue weighted by atomic mass is 16.1. The molecule has 2 aliphatic rings. The summed E-state index contributed by atoms with van der Waals surface area (Å²) in [6.45, 7) is 2.01. The van der Waals surface area contributed by atoms with Crippen LogP contribution in [0.25, 0.3) is 11.3 Å².